The summed E-state index contributed by atoms with van der Waals surface area (Å²) in [5.74, 6) is 1.28. The highest BCUT2D eigenvalue weighted by molar-refractivity contribution is 9.12. The highest BCUT2D eigenvalue weighted by Gasteiger charge is 2.14. The molecule has 0 aliphatic heterocycles. The Balaban J connectivity index is 1.99. The van der Waals surface area contributed by atoms with Crippen LogP contribution >= 0.6 is 43.2 Å². The van der Waals surface area contributed by atoms with Gasteiger partial charge in [0.15, 0.2) is 6.61 Å². The summed E-state index contributed by atoms with van der Waals surface area (Å²) in [6.45, 7) is 2.51. The van der Waals surface area contributed by atoms with Crippen molar-refractivity contribution < 1.29 is 14.3 Å². The average Bonchev–Trinajstić information content (AvgIpc) is 2.76. The monoisotopic (exact) mass is 418 g/mol. The van der Waals surface area contributed by atoms with Crippen LogP contribution in [0.4, 0.5) is 0 Å². The molecule has 1 heterocycles. The average molecular weight is 420 g/mol. The summed E-state index contributed by atoms with van der Waals surface area (Å²) in [6, 6.07) is 9.05. The minimum absolute atomic E-state index is 0.00263. The zero-order valence-corrected chi connectivity index (χ0v) is 14.7. The van der Waals surface area contributed by atoms with E-state index in [1.165, 1.54) is 11.3 Å². The van der Waals surface area contributed by atoms with E-state index in [0.29, 0.717) is 17.9 Å². The summed E-state index contributed by atoms with van der Waals surface area (Å²) in [7, 11) is 0. The van der Waals surface area contributed by atoms with Crippen LogP contribution in [0.3, 0.4) is 0 Å². The molecule has 0 saturated heterocycles. The maximum absolute atomic E-state index is 12.1. The quantitative estimate of drug-likeness (QED) is 0.622. The summed E-state index contributed by atoms with van der Waals surface area (Å²) < 4.78 is 12.6. The maximum Gasteiger partial charge on any atom is 0.202 e. The standard InChI is InChI=1S/C14H12Br2O3S/c1-2-18-9-4-3-5-10(6-9)19-8-12(17)11-7-13(15)20-14(11)16/h3-7H,2,8H2,1H3. The third kappa shape index (κ3) is 4.07. The van der Waals surface area contributed by atoms with E-state index in [0.717, 1.165) is 13.3 Å². The predicted molar refractivity (Wildman–Crippen MR) is 87.2 cm³/mol. The van der Waals surface area contributed by atoms with E-state index in [1.54, 1.807) is 18.2 Å². The normalized spacial score (nSPS) is 10.3. The van der Waals surface area contributed by atoms with Crippen molar-refractivity contribution in [2.24, 2.45) is 0 Å². The number of Topliss-reactive ketones (excluding diaryl/α,β-unsaturated/α-hetero) is 1. The fourth-order valence-electron chi connectivity index (χ4n) is 1.58. The SMILES string of the molecule is CCOc1cccc(OCC(=O)c2cc(Br)sc2Br)c1. The molecule has 0 unspecified atom stereocenters. The van der Waals surface area contributed by atoms with Crippen LogP contribution in [0.1, 0.15) is 17.3 Å². The minimum atomic E-state index is -0.0689. The maximum atomic E-state index is 12.1. The molecule has 1 aromatic heterocycles. The van der Waals surface area contributed by atoms with Crippen LogP contribution < -0.4 is 9.47 Å². The van der Waals surface area contributed by atoms with Gasteiger partial charge in [-0.25, -0.2) is 0 Å². The number of thiophene rings is 1. The van der Waals surface area contributed by atoms with E-state index >= 15 is 0 Å². The van der Waals surface area contributed by atoms with Crippen LogP contribution in [-0.2, 0) is 0 Å². The van der Waals surface area contributed by atoms with Crippen molar-refractivity contribution in [1.29, 1.82) is 0 Å². The van der Waals surface area contributed by atoms with Crippen molar-refractivity contribution in [3.05, 3.63) is 43.5 Å². The third-order valence-electron chi connectivity index (χ3n) is 2.44. The van der Waals surface area contributed by atoms with Gasteiger partial charge in [-0.05, 0) is 57.0 Å². The Kier molecular flexibility index (Phi) is 5.63. The molecule has 2 aromatic rings. The molecule has 6 heteroatoms. The molecule has 0 atom stereocenters. The lowest BCUT2D eigenvalue weighted by Gasteiger charge is -2.07. The molecule has 0 aliphatic carbocycles. The van der Waals surface area contributed by atoms with Gasteiger partial charge in [-0.1, -0.05) is 6.07 Å². The van der Waals surface area contributed by atoms with Gasteiger partial charge in [0.05, 0.1) is 14.2 Å². The van der Waals surface area contributed by atoms with Gasteiger partial charge in [0.2, 0.25) is 5.78 Å². The van der Waals surface area contributed by atoms with Crippen LogP contribution in [0.5, 0.6) is 11.5 Å². The Morgan fingerprint density at radius 1 is 1.20 bits per heavy atom. The predicted octanol–water partition coefficient (Wildman–Crippen LogP) is 4.93. The number of ketones is 1. The lowest BCUT2D eigenvalue weighted by molar-refractivity contribution is 0.0921. The number of benzene rings is 1. The van der Waals surface area contributed by atoms with Crippen molar-refractivity contribution in [3.8, 4) is 11.5 Å². The lowest BCUT2D eigenvalue weighted by Crippen LogP contribution is -2.11. The Morgan fingerprint density at radius 3 is 2.50 bits per heavy atom. The molecule has 2 rings (SSSR count). The molecule has 20 heavy (non-hydrogen) atoms. The van der Waals surface area contributed by atoms with Crippen LogP contribution in [0.15, 0.2) is 37.9 Å². The fourth-order valence-corrected chi connectivity index (χ4v) is 4.43. The van der Waals surface area contributed by atoms with E-state index in [2.05, 4.69) is 31.9 Å². The third-order valence-corrected chi connectivity index (χ3v) is 4.78. The number of carbonyl (C=O) groups is 1. The molecular weight excluding hydrogens is 408 g/mol. The summed E-state index contributed by atoms with van der Waals surface area (Å²) in [5, 5.41) is 0. The number of hydrogen-bond acceptors (Lipinski definition) is 4. The zero-order chi connectivity index (χ0) is 14.5. The van der Waals surface area contributed by atoms with E-state index in [-0.39, 0.29) is 12.4 Å². The highest BCUT2D eigenvalue weighted by atomic mass is 79.9. The van der Waals surface area contributed by atoms with Crippen molar-refractivity contribution in [2.45, 2.75) is 6.92 Å². The van der Waals surface area contributed by atoms with Gasteiger partial charge in [0.25, 0.3) is 0 Å². The van der Waals surface area contributed by atoms with Gasteiger partial charge < -0.3 is 9.47 Å². The van der Waals surface area contributed by atoms with E-state index in [4.69, 9.17) is 9.47 Å². The van der Waals surface area contributed by atoms with E-state index < -0.39 is 0 Å². The van der Waals surface area contributed by atoms with Gasteiger partial charge in [0.1, 0.15) is 11.5 Å². The number of ether oxygens (including phenoxy) is 2. The first kappa shape index (κ1) is 15.5. The molecule has 3 nitrogen and oxygen atoms in total. The molecule has 0 saturated carbocycles. The van der Waals surface area contributed by atoms with Crippen LogP contribution in [0, 0.1) is 0 Å². The number of hydrogen-bond donors (Lipinski definition) is 0. The fraction of sp³-hybridized carbons (Fsp3) is 0.214. The highest BCUT2D eigenvalue weighted by Crippen LogP contribution is 2.32. The molecule has 0 N–H and O–H groups in total. The van der Waals surface area contributed by atoms with E-state index in [9.17, 15) is 4.79 Å². The molecule has 0 bridgehead atoms. The second-order valence-electron chi connectivity index (χ2n) is 3.86. The molecule has 0 radical (unpaired) electrons. The first-order valence-electron chi connectivity index (χ1n) is 5.94. The second-order valence-corrected chi connectivity index (χ2v) is 7.61. The van der Waals surface area contributed by atoms with Crippen molar-refractivity contribution in [2.75, 3.05) is 13.2 Å². The summed E-state index contributed by atoms with van der Waals surface area (Å²) in [4.78, 5) is 12.1. The van der Waals surface area contributed by atoms with E-state index in [1.807, 2.05) is 19.1 Å². The van der Waals surface area contributed by atoms with Gasteiger partial charge >= 0.3 is 0 Å². The summed E-state index contributed by atoms with van der Waals surface area (Å²) >= 11 is 8.19. The Hall–Kier alpha value is -0.850. The van der Waals surface area contributed by atoms with Crippen LogP contribution in [-0.4, -0.2) is 19.0 Å². The van der Waals surface area contributed by atoms with Gasteiger partial charge in [-0.15, -0.1) is 11.3 Å². The minimum Gasteiger partial charge on any atom is -0.494 e. The molecule has 106 valence electrons. The largest absolute Gasteiger partial charge is 0.494 e. The van der Waals surface area contributed by atoms with Gasteiger partial charge in [-0.2, -0.15) is 0 Å². The van der Waals surface area contributed by atoms with Crippen LogP contribution in [0.25, 0.3) is 0 Å². The Morgan fingerprint density at radius 2 is 1.90 bits per heavy atom. The number of rotatable bonds is 6. The lowest BCUT2D eigenvalue weighted by atomic mass is 10.2. The molecule has 0 aliphatic rings. The van der Waals surface area contributed by atoms with Crippen molar-refractivity contribution >= 4 is 49.0 Å². The Labute approximate surface area is 138 Å². The van der Waals surface area contributed by atoms with Gasteiger partial charge in [0, 0.05) is 11.6 Å². The summed E-state index contributed by atoms with van der Waals surface area (Å²) in [5.41, 5.74) is 0.628. The first-order chi connectivity index (χ1) is 9.60. The molecular formula is C14H12Br2O3S. The van der Waals surface area contributed by atoms with Crippen molar-refractivity contribution in [3.63, 3.8) is 0 Å². The zero-order valence-electron chi connectivity index (χ0n) is 10.7. The topological polar surface area (TPSA) is 35.5 Å². The molecule has 0 spiro atoms. The number of carbonyl (C=O) groups excluding carboxylic acids is 1. The first-order valence-corrected chi connectivity index (χ1v) is 8.34. The van der Waals surface area contributed by atoms with Gasteiger partial charge in [-0.3, -0.25) is 4.79 Å². The molecule has 0 fully saturated rings. The molecule has 1 aromatic carbocycles. The van der Waals surface area contributed by atoms with Crippen molar-refractivity contribution in [1.82, 2.24) is 0 Å². The number of halogens is 2. The van der Waals surface area contributed by atoms with Crippen LogP contribution in [0.2, 0.25) is 0 Å². The molecule has 0 amide bonds. The Bertz CT molecular complexity index is 610. The second kappa shape index (κ2) is 7.24. The summed E-state index contributed by atoms with van der Waals surface area (Å²) in [6.07, 6.45) is 0. The smallest absolute Gasteiger partial charge is 0.202 e.